The molecule has 0 saturated heterocycles. The molecular formula is C12H11N5OS. The molecule has 0 atom stereocenters. The van der Waals surface area contributed by atoms with Crippen LogP contribution < -0.4 is 16.2 Å². The van der Waals surface area contributed by atoms with Gasteiger partial charge in [0.15, 0.2) is 5.11 Å². The lowest BCUT2D eigenvalue weighted by atomic mass is 10.2. The van der Waals surface area contributed by atoms with Crippen LogP contribution in [0.5, 0.6) is 0 Å². The third-order valence-corrected chi connectivity index (χ3v) is 2.57. The smallest absolute Gasteiger partial charge is 0.252 e. The maximum absolute atomic E-state index is 11.1. The number of hydrogen-bond acceptors (Lipinski definition) is 3. The van der Waals surface area contributed by atoms with Crippen LogP contribution in [0.2, 0.25) is 0 Å². The molecule has 0 spiro atoms. The average molecular weight is 273 g/mol. The number of fused-ring (bicyclic) bond motifs is 1. The van der Waals surface area contributed by atoms with Gasteiger partial charge in [0.2, 0.25) is 0 Å². The maximum atomic E-state index is 11.1. The van der Waals surface area contributed by atoms with E-state index in [-0.39, 0.29) is 11.5 Å². The van der Waals surface area contributed by atoms with Gasteiger partial charge in [-0.1, -0.05) is 0 Å². The van der Waals surface area contributed by atoms with E-state index < -0.39 is 5.91 Å². The Morgan fingerprint density at radius 1 is 1.37 bits per heavy atom. The molecule has 6 nitrogen and oxygen atoms in total. The van der Waals surface area contributed by atoms with Crippen LogP contribution >= 0.6 is 12.2 Å². The number of aromatic amines is 1. The van der Waals surface area contributed by atoms with E-state index in [1.54, 1.807) is 6.07 Å². The molecule has 19 heavy (non-hydrogen) atoms. The van der Waals surface area contributed by atoms with Crippen molar-refractivity contribution in [1.82, 2.24) is 15.8 Å². The quantitative estimate of drug-likeness (QED) is 0.490. The molecule has 0 saturated carbocycles. The first-order valence-electron chi connectivity index (χ1n) is 5.49. The van der Waals surface area contributed by atoms with Crippen molar-refractivity contribution < 1.29 is 4.79 Å². The van der Waals surface area contributed by atoms with Crippen LogP contribution in [0.15, 0.2) is 30.5 Å². The predicted octanol–water partition coefficient (Wildman–Crippen LogP) is 1.40. The summed E-state index contributed by atoms with van der Waals surface area (Å²) in [4.78, 5) is 14.1. The molecule has 0 fully saturated rings. The van der Waals surface area contributed by atoms with Gasteiger partial charge in [-0.2, -0.15) is 5.26 Å². The second-order valence-corrected chi connectivity index (χ2v) is 4.15. The summed E-state index contributed by atoms with van der Waals surface area (Å²) >= 11 is 5.01. The molecule has 2 aromatic rings. The summed E-state index contributed by atoms with van der Waals surface area (Å²) < 4.78 is 0. The van der Waals surface area contributed by atoms with Gasteiger partial charge >= 0.3 is 0 Å². The Balaban J connectivity index is 1.91. The molecule has 2 rings (SSSR count). The van der Waals surface area contributed by atoms with E-state index in [2.05, 4.69) is 21.2 Å². The molecule has 1 amide bonds. The maximum Gasteiger partial charge on any atom is 0.252 e. The number of thiocarbonyl (C=S) groups is 1. The first-order chi connectivity index (χ1) is 9.19. The van der Waals surface area contributed by atoms with Crippen molar-refractivity contribution in [2.75, 3.05) is 5.32 Å². The number of hydrazine groups is 1. The molecule has 0 radical (unpaired) electrons. The lowest BCUT2D eigenvalue weighted by Crippen LogP contribution is -2.43. The van der Waals surface area contributed by atoms with E-state index in [4.69, 9.17) is 17.5 Å². The Labute approximate surface area is 114 Å². The van der Waals surface area contributed by atoms with Gasteiger partial charge < -0.3 is 10.3 Å². The highest BCUT2D eigenvalue weighted by Crippen LogP contribution is 2.17. The Morgan fingerprint density at radius 2 is 2.21 bits per heavy atom. The van der Waals surface area contributed by atoms with Gasteiger partial charge in [0, 0.05) is 22.8 Å². The van der Waals surface area contributed by atoms with Crippen molar-refractivity contribution in [3.05, 3.63) is 30.5 Å². The molecular weight excluding hydrogens is 262 g/mol. The number of amides is 1. The summed E-state index contributed by atoms with van der Waals surface area (Å²) in [6, 6.07) is 9.41. The largest absolute Gasteiger partial charge is 0.361 e. The highest BCUT2D eigenvalue weighted by Gasteiger charge is 2.02. The van der Waals surface area contributed by atoms with Gasteiger partial charge in [0.25, 0.3) is 5.91 Å². The Kier molecular flexibility index (Phi) is 3.95. The number of nitriles is 1. The molecule has 7 heteroatoms. The normalized spacial score (nSPS) is 9.63. The first-order valence-corrected chi connectivity index (χ1v) is 5.90. The van der Waals surface area contributed by atoms with Gasteiger partial charge in [-0.3, -0.25) is 15.6 Å². The van der Waals surface area contributed by atoms with Crippen LogP contribution in [-0.2, 0) is 4.79 Å². The fraction of sp³-hybridized carbons (Fsp3) is 0.0833. The van der Waals surface area contributed by atoms with E-state index in [1.165, 1.54) is 0 Å². The molecule has 96 valence electrons. The van der Waals surface area contributed by atoms with Crippen molar-refractivity contribution >= 4 is 39.8 Å². The number of nitrogens with zero attached hydrogens (tertiary/aromatic N) is 1. The van der Waals surface area contributed by atoms with E-state index in [1.807, 2.05) is 30.5 Å². The standard InChI is InChI=1S/C12H11N5OS/c13-5-3-11(18)16-17-12(19)15-9-1-2-10-8(7-9)4-6-14-10/h1-2,4,6-7,14H,3H2,(H,16,18)(H2,15,17,19). The van der Waals surface area contributed by atoms with Crippen LogP contribution in [0.1, 0.15) is 6.42 Å². The van der Waals surface area contributed by atoms with E-state index in [0.29, 0.717) is 0 Å². The highest BCUT2D eigenvalue weighted by molar-refractivity contribution is 7.80. The van der Waals surface area contributed by atoms with Crippen LogP contribution in [0.25, 0.3) is 10.9 Å². The van der Waals surface area contributed by atoms with Crippen molar-refractivity contribution in [2.24, 2.45) is 0 Å². The molecule has 0 unspecified atom stereocenters. The summed E-state index contributed by atoms with van der Waals surface area (Å²) in [7, 11) is 0. The van der Waals surface area contributed by atoms with Crippen LogP contribution in [0, 0.1) is 11.3 Å². The van der Waals surface area contributed by atoms with E-state index >= 15 is 0 Å². The van der Waals surface area contributed by atoms with Crippen molar-refractivity contribution in [3.63, 3.8) is 0 Å². The van der Waals surface area contributed by atoms with Gasteiger partial charge in [0.1, 0.15) is 6.42 Å². The second-order valence-electron chi connectivity index (χ2n) is 3.74. The average Bonchev–Trinajstić information content (AvgIpc) is 2.84. The molecule has 4 N–H and O–H groups in total. The Morgan fingerprint density at radius 3 is 3.00 bits per heavy atom. The van der Waals surface area contributed by atoms with Crippen LogP contribution in [0.4, 0.5) is 5.69 Å². The number of carbonyl (C=O) groups is 1. The second kappa shape index (κ2) is 5.84. The zero-order valence-corrected chi connectivity index (χ0v) is 10.7. The topological polar surface area (TPSA) is 92.7 Å². The minimum absolute atomic E-state index is 0.217. The lowest BCUT2D eigenvalue weighted by molar-refractivity contribution is -0.120. The van der Waals surface area contributed by atoms with E-state index in [9.17, 15) is 4.79 Å². The molecule has 0 aliphatic carbocycles. The molecule has 1 heterocycles. The number of benzene rings is 1. The fourth-order valence-corrected chi connectivity index (χ4v) is 1.70. The molecule has 0 aliphatic rings. The summed E-state index contributed by atoms with van der Waals surface area (Å²) in [6.07, 6.45) is 1.64. The lowest BCUT2D eigenvalue weighted by Gasteiger charge is -2.10. The predicted molar refractivity (Wildman–Crippen MR) is 76.0 cm³/mol. The van der Waals surface area contributed by atoms with Crippen molar-refractivity contribution in [2.45, 2.75) is 6.42 Å². The van der Waals surface area contributed by atoms with Crippen LogP contribution in [0.3, 0.4) is 0 Å². The summed E-state index contributed by atoms with van der Waals surface area (Å²) in [6.45, 7) is 0. The Hall–Kier alpha value is -2.59. The number of anilines is 1. The third-order valence-electron chi connectivity index (χ3n) is 2.37. The number of rotatable bonds is 2. The third kappa shape index (κ3) is 3.43. The van der Waals surface area contributed by atoms with Gasteiger partial charge in [-0.25, -0.2) is 0 Å². The SMILES string of the molecule is N#CCC(=O)NNC(=S)Nc1ccc2[nH]ccc2c1. The molecule has 0 bridgehead atoms. The summed E-state index contributed by atoms with van der Waals surface area (Å²) in [5.74, 6) is -0.437. The minimum atomic E-state index is -0.437. The first kappa shape index (κ1) is 12.9. The number of hydrogen-bond donors (Lipinski definition) is 4. The molecule has 1 aromatic heterocycles. The summed E-state index contributed by atoms with van der Waals surface area (Å²) in [5.41, 5.74) is 6.67. The van der Waals surface area contributed by atoms with Crippen LogP contribution in [-0.4, -0.2) is 16.0 Å². The van der Waals surface area contributed by atoms with E-state index in [0.717, 1.165) is 16.6 Å². The molecule has 0 aliphatic heterocycles. The minimum Gasteiger partial charge on any atom is -0.361 e. The number of nitrogens with one attached hydrogen (secondary N) is 4. The van der Waals surface area contributed by atoms with Gasteiger partial charge in [-0.05, 0) is 36.5 Å². The number of carbonyl (C=O) groups excluding carboxylic acids is 1. The summed E-state index contributed by atoms with van der Waals surface area (Å²) in [5, 5.41) is 12.6. The number of H-pyrrole nitrogens is 1. The van der Waals surface area contributed by atoms with Gasteiger partial charge in [-0.15, -0.1) is 0 Å². The monoisotopic (exact) mass is 273 g/mol. The van der Waals surface area contributed by atoms with Crippen molar-refractivity contribution in [3.8, 4) is 6.07 Å². The highest BCUT2D eigenvalue weighted by atomic mass is 32.1. The Bertz CT molecular complexity index is 657. The zero-order valence-electron chi connectivity index (χ0n) is 9.86. The number of aromatic nitrogens is 1. The van der Waals surface area contributed by atoms with Gasteiger partial charge in [0.05, 0.1) is 6.07 Å². The molecule has 1 aromatic carbocycles. The zero-order chi connectivity index (χ0) is 13.7. The fourth-order valence-electron chi connectivity index (χ4n) is 1.54. The van der Waals surface area contributed by atoms with Crippen molar-refractivity contribution in [1.29, 1.82) is 5.26 Å².